The van der Waals surface area contributed by atoms with Crippen LogP contribution in [0.1, 0.15) is 43.6 Å². The molecule has 3 rings (SSSR count). The lowest BCUT2D eigenvalue weighted by atomic mass is 9.80. The molecule has 104 valence electrons. The van der Waals surface area contributed by atoms with Crippen molar-refractivity contribution in [1.82, 2.24) is 0 Å². The summed E-state index contributed by atoms with van der Waals surface area (Å²) >= 11 is 0. The molecule has 2 nitrogen and oxygen atoms in total. The van der Waals surface area contributed by atoms with Crippen molar-refractivity contribution in [2.45, 2.75) is 38.0 Å². The fourth-order valence-electron chi connectivity index (χ4n) is 3.32. The maximum atomic E-state index is 6.16. The minimum atomic E-state index is 0.667. The first-order valence-corrected chi connectivity index (χ1v) is 7.50. The molecule has 1 fully saturated rings. The average Bonchev–Trinajstić information content (AvgIpc) is 2.51. The first-order chi connectivity index (χ1) is 9.75. The molecule has 0 atom stereocenters. The Morgan fingerprint density at radius 2 is 1.55 bits per heavy atom. The van der Waals surface area contributed by atoms with E-state index in [-0.39, 0.29) is 0 Å². The van der Waals surface area contributed by atoms with Crippen molar-refractivity contribution in [2.24, 2.45) is 0 Å². The standard InChI is InChI=1S/C18H22N2/c19-14-10-11-18(20)17(12-14)16-9-5-4-8-15(16)13-6-2-1-3-7-13/h4-5,8-13H,1-3,6-7,19-20H2. The summed E-state index contributed by atoms with van der Waals surface area (Å²) in [5, 5.41) is 0. The maximum absolute atomic E-state index is 6.16. The Balaban J connectivity index is 2.07. The van der Waals surface area contributed by atoms with E-state index in [2.05, 4.69) is 24.3 Å². The molecule has 0 bridgehead atoms. The van der Waals surface area contributed by atoms with Gasteiger partial charge < -0.3 is 11.5 Å². The van der Waals surface area contributed by atoms with Crippen molar-refractivity contribution < 1.29 is 0 Å². The Kier molecular flexibility index (Phi) is 3.64. The predicted molar refractivity (Wildman–Crippen MR) is 86.5 cm³/mol. The second-order valence-electron chi connectivity index (χ2n) is 5.77. The zero-order chi connectivity index (χ0) is 13.9. The first kappa shape index (κ1) is 13.0. The Morgan fingerprint density at radius 3 is 2.35 bits per heavy atom. The summed E-state index contributed by atoms with van der Waals surface area (Å²) in [6.07, 6.45) is 6.63. The second-order valence-corrected chi connectivity index (χ2v) is 5.77. The fraction of sp³-hybridized carbons (Fsp3) is 0.333. The van der Waals surface area contributed by atoms with E-state index in [9.17, 15) is 0 Å². The third-order valence-corrected chi connectivity index (χ3v) is 4.37. The summed E-state index contributed by atoms with van der Waals surface area (Å²) in [7, 11) is 0. The van der Waals surface area contributed by atoms with Crippen molar-refractivity contribution in [2.75, 3.05) is 11.5 Å². The summed E-state index contributed by atoms with van der Waals surface area (Å²) in [4.78, 5) is 0. The molecule has 2 aromatic rings. The van der Waals surface area contributed by atoms with E-state index in [0.717, 1.165) is 16.9 Å². The molecule has 1 aliphatic rings. The topological polar surface area (TPSA) is 52.0 Å². The summed E-state index contributed by atoms with van der Waals surface area (Å²) in [5.41, 5.74) is 17.4. The Bertz CT molecular complexity index is 598. The molecule has 0 aromatic heterocycles. The molecule has 1 aliphatic carbocycles. The van der Waals surface area contributed by atoms with Crippen molar-refractivity contribution >= 4 is 11.4 Å². The molecular weight excluding hydrogens is 244 g/mol. The summed E-state index contributed by atoms with van der Waals surface area (Å²) in [6, 6.07) is 14.4. The van der Waals surface area contributed by atoms with Gasteiger partial charge in [-0.05, 0) is 48.1 Å². The van der Waals surface area contributed by atoms with E-state index >= 15 is 0 Å². The molecular formula is C18H22N2. The van der Waals surface area contributed by atoms with Crippen LogP contribution in [-0.2, 0) is 0 Å². The molecule has 4 N–H and O–H groups in total. The van der Waals surface area contributed by atoms with Gasteiger partial charge >= 0.3 is 0 Å². The summed E-state index contributed by atoms with van der Waals surface area (Å²) < 4.78 is 0. The summed E-state index contributed by atoms with van der Waals surface area (Å²) in [5.74, 6) is 0.667. The number of hydrogen-bond acceptors (Lipinski definition) is 2. The maximum Gasteiger partial charge on any atom is 0.0395 e. The van der Waals surface area contributed by atoms with E-state index in [1.807, 2.05) is 18.2 Å². The van der Waals surface area contributed by atoms with Gasteiger partial charge in [-0.3, -0.25) is 0 Å². The highest BCUT2D eigenvalue weighted by Crippen LogP contribution is 2.39. The van der Waals surface area contributed by atoms with Gasteiger partial charge in [-0.15, -0.1) is 0 Å². The Morgan fingerprint density at radius 1 is 0.800 bits per heavy atom. The highest BCUT2D eigenvalue weighted by atomic mass is 14.6. The van der Waals surface area contributed by atoms with Crippen molar-refractivity contribution in [3.05, 3.63) is 48.0 Å². The number of anilines is 2. The third kappa shape index (κ3) is 2.51. The Hall–Kier alpha value is -1.96. The van der Waals surface area contributed by atoms with Gasteiger partial charge in [-0.25, -0.2) is 0 Å². The molecule has 0 amide bonds. The monoisotopic (exact) mass is 266 g/mol. The lowest BCUT2D eigenvalue weighted by Crippen LogP contribution is -2.06. The molecule has 0 radical (unpaired) electrons. The average molecular weight is 266 g/mol. The Labute approximate surface area is 120 Å². The van der Waals surface area contributed by atoms with Crippen LogP contribution in [0.4, 0.5) is 11.4 Å². The smallest absolute Gasteiger partial charge is 0.0395 e. The van der Waals surface area contributed by atoms with Crippen LogP contribution < -0.4 is 11.5 Å². The number of nitrogen functional groups attached to an aromatic ring is 2. The van der Waals surface area contributed by atoms with Crippen LogP contribution >= 0.6 is 0 Å². The summed E-state index contributed by atoms with van der Waals surface area (Å²) in [6.45, 7) is 0. The van der Waals surface area contributed by atoms with Crippen LogP contribution in [0, 0.1) is 0 Å². The SMILES string of the molecule is Nc1ccc(N)c(-c2ccccc2C2CCCCC2)c1. The van der Waals surface area contributed by atoms with Gasteiger partial charge in [0.05, 0.1) is 0 Å². The zero-order valence-corrected chi connectivity index (χ0v) is 11.8. The number of benzene rings is 2. The highest BCUT2D eigenvalue weighted by molar-refractivity contribution is 5.81. The number of hydrogen-bond donors (Lipinski definition) is 2. The third-order valence-electron chi connectivity index (χ3n) is 4.37. The minimum Gasteiger partial charge on any atom is -0.399 e. The van der Waals surface area contributed by atoms with Gasteiger partial charge in [0.1, 0.15) is 0 Å². The van der Waals surface area contributed by atoms with E-state index < -0.39 is 0 Å². The van der Waals surface area contributed by atoms with E-state index in [4.69, 9.17) is 11.5 Å². The van der Waals surface area contributed by atoms with Gasteiger partial charge in [-0.1, -0.05) is 43.5 Å². The van der Waals surface area contributed by atoms with Gasteiger partial charge in [-0.2, -0.15) is 0 Å². The van der Waals surface area contributed by atoms with Gasteiger partial charge in [0.25, 0.3) is 0 Å². The molecule has 2 heteroatoms. The van der Waals surface area contributed by atoms with Gasteiger partial charge in [0.2, 0.25) is 0 Å². The van der Waals surface area contributed by atoms with E-state index in [0.29, 0.717) is 5.92 Å². The lowest BCUT2D eigenvalue weighted by Gasteiger charge is -2.25. The normalized spacial score (nSPS) is 16.2. The molecule has 0 spiro atoms. The van der Waals surface area contributed by atoms with Crippen LogP contribution in [-0.4, -0.2) is 0 Å². The quantitative estimate of drug-likeness (QED) is 0.782. The molecule has 1 saturated carbocycles. The van der Waals surface area contributed by atoms with Crippen LogP contribution in [0.15, 0.2) is 42.5 Å². The van der Waals surface area contributed by atoms with Crippen LogP contribution in [0.3, 0.4) is 0 Å². The molecule has 0 unspecified atom stereocenters. The van der Waals surface area contributed by atoms with Gasteiger partial charge in [0, 0.05) is 16.9 Å². The van der Waals surface area contributed by atoms with Gasteiger partial charge in [0.15, 0.2) is 0 Å². The van der Waals surface area contributed by atoms with Crippen LogP contribution in [0.2, 0.25) is 0 Å². The van der Waals surface area contributed by atoms with Crippen molar-refractivity contribution in [3.63, 3.8) is 0 Å². The molecule has 20 heavy (non-hydrogen) atoms. The highest BCUT2D eigenvalue weighted by Gasteiger charge is 2.19. The minimum absolute atomic E-state index is 0.667. The zero-order valence-electron chi connectivity index (χ0n) is 11.8. The second kappa shape index (κ2) is 5.58. The van der Waals surface area contributed by atoms with Crippen LogP contribution in [0.5, 0.6) is 0 Å². The molecule has 0 aliphatic heterocycles. The number of rotatable bonds is 2. The van der Waals surface area contributed by atoms with E-state index in [1.165, 1.54) is 43.2 Å². The fourth-order valence-corrected chi connectivity index (χ4v) is 3.32. The molecule has 2 aromatic carbocycles. The molecule has 0 heterocycles. The lowest BCUT2D eigenvalue weighted by molar-refractivity contribution is 0.444. The number of nitrogens with two attached hydrogens (primary N) is 2. The van der Waals surface area contributed by atoms with Crippen molar-refractivity contribution in [1.29, 1.82) is 0 Å². The van der Waals surface area contributed by atoms with Crippen molar-refractivity contribution in [3.8, 4) is 11.1 Å². The van der Waals surface area contributed by atoms with E-state index in [1.54, 1.807) is 0 Å². The predicted octanol–water partition coefficient (Wildman–Crippen LogP) is 4.57. The largest absolute Gasteiger partial charge is 0.399 e. The first-order valence-electron chi connectivity index (χ1n) is 7.50. The molecule has 0 saturated heterocycles. The van der Waals surface area contributed by atoms with Crippen LogP contribution in [0.25, 0.3) is 11.1 Å².